The molecule has 0 aliphatic rings. The molecule has 0 aliphatic heterocycles. The molecule has 0 aromatic carbocycles. The molecule has 5 nitrogen and oxygen atoms in total. The van der Waals surface area contributed by atoms with Crippen LogP contribution in [0, 0.1) is 5.41 Å². The summed E-state index contributed by atoms with van der Waals surface area (Å²) in [5.74, 6) is -1.15. The quantitative estimate of drug-likeness (QED) is 0.600. The van der Waals surface area contributed by atoms with Crippen LogP contribution in [0.3, 0.4) is 0 Å². The zero-order chi connectivity index (χ0) is 12.1. The molecule has 0 unspecified atom stereocenters. The zero-order valence-electron chi connectivity index (χ0n) is 9.41. The van der Waals surface area contributed by atoms with E-state index in [1.54, 1.807) is 20.8 Å². The number of carbonyl (C=O) groups is 2. The fourth-order valence-electron chi connectivity index (χ4n) is 1.23. The maximum Gasteiger partial charge on any atom is 0.303 e. The maximum atomic E-state index is 11.3. The third kappa shape index (κ3) is 7.93. The Hall–Kier alpha value is -1.10. The summed E-state index contributed by atoms with van der Waals surface area (Å²) in [6, 6.07) is 0. The monoisotopic (exact) mass is 217 g/mol. The van der Waals surface area contributed by atoms with E-state index in [4.69, 9.17) is 10.2 Å². The van der Waals surface area contributed by atoms with Gasteiger partial charge in [-0.25, -0.2) is 0 Å². The first kappa shape index (κ1) is 13.9. The van der Waals surface area contributed by atoms with E-state index in [9.17, 15) is 9.59 Å². The number of nitrogens with one attached hydrogen (secondary N) is 1. The molecule has 0 saturated heterocycles. The van der Waals surface area contributed by atoms with Gasteiger partial charge in [0.1, 0.15) is 0 Å². The smallest absolute Gasteiger partial charge is 0.303 e. The Morgan fingerprint density at radius 1 is 1.33 bits per heavy atom. The van der Waals surface area contributed by atoms with Crippen molar-refractivity contribution in [2.75, 3.05) is 6.54 Å². The van der Waals surface area contributed by atoms with Gasteiger partial charge in [0.2, 0.25) is 5.91 Å². The lowest BCUT2D eigenvalue weighted by Crippen LogP contribution is -2.34. The predicted molar refractivity (Wildman–Crippen MR) is 55.3 cm³/mol. The van der Waals surface area contributed by atoms with Gasteiger partial charge >= 0.3 is 5.97 Å². The summed E-state index contributed by atoms with van der Waals surface area (Å²) in [6.07, 6.45) is -0.488. The first-order valence-corrected chi connectivity index (χ1v) is 4.89. The molecule has 0 aromatic heterocycles. The van der Waals surface area contributed by atoms with Crippen molar-refractivity contribution in [3.05, 3.63) is 0 Å². The molecule has 0 aliphatic carbocycles. The highest BCUT2D eigenvalue weighted by molar-refractivity contribution is 5.77. The van der Waals surface area contributed by atoms with Crippen LogP contribution in [0.15, 0.2) is 0 Å². The van der Waals surface area contributed by atoms with Gasteiger partial charge in [-0.05, 0) is 12.3 Å². The molecule has 3 N–H and O–H groups in total. The number of aliphatic carboxylic acids is 1. The van der Waals surface area contributed by atoms with Gasteiger partial charge in [-0.15, -0.1) is 0 Å². The molecule has 88 valence electrons. The van der Waals surface area contributed by atoms with Gasteiger partial charge in [0.15, 0.2) is 0 Å². The van der Waals surface area contributed by atoms with Gasteiger partial charge in [-0.1, -0.05) is 13.8 Å². The molecule has 0 fully saturated rings. The summed E-state index contributed by atoms with van der Waals surface area (Å²) in [7, 11) is 0. The number of rotatable bonds is 6. The van der Waals surface area contributed by atoms with Crippen LogP contribution >= 0.6 is 0 Å². The minimum absolute atomic E-state index is 0.0465. The highest BCUT2D eigenvalue weighted by Gasteiger charge is 2.25. The number of hydrogen-bond donors (Lipinski definition) is 3. The second-order valence-electron chi connectivity index (χ2n) is 4.56. The minimum atomic E-state index is -0.914. The standard InChI is InChI=1S/C10H19NO4/c1-7(12)6-11-8(13)4-10(2,3)5-9(14)15/h7,12H,4-6H2,1-3H3,(H,11,13)(H,14,15)/t7-/m1/s1. The first-order valence-electron chi connectivity index (χ1n) is 4.89. The molecule has 1 amide bonds. The van der Waals surface area contributed by atoms with Crippen LogP contribution in [0.5, 0.6) is 0 Å². The number of aliphatic hydroxyl groups excluding tert-OH is 1. The van der Waals surface area contributed by atoms with E-state index in [1.807, 2.05) is 0 Å². The highest BCUT2D eigenvalue weighted by Crippen LogP contribution is 2.24. The Balaban J connectivity index is 3.98. The molecular formula is C10H19NO4. The Labute approximate surface area is 89.5 Å². The fourth-order valence-corrected chi connectivity index (χ4v) is 1.23. The van der Waals surface area contributed by atoms with E-state index in [0.29, 0.717) is 0 Å². The van der Waals surface area contributed by atoms with Crippen molar-refractivity contribution in [1.29, 1.82) is 0 Å². The van der Waals surface area contributed by atoms with Gasteiger partial charge in [-0.2, -0.15) is 0 Å². The van der Waals surface area contributed by atoms with Gasteiger partial charge in [0.05, 0.1) is 12.5 Å². The largest absolute Gasteiger partial charge is 0.481 e. The lowest BCUT2D eigenvalue weighted by atomic mass is 9.85. The van der Waals surface area contributed by atoms with E-state index in [0.717, 1.165) is 0 Å². The lowest BCUT2D eigenvalue weighted by molar-refractivity contribution is -0.139. The number of aliphatic hydroxyl groups is 1. The van der Waals surface area contributed by atoms with Crippen LogP contribution in [0.4, 0.5) is 0 Å². The van der Waals surface area contributed by atoms with Gasteiger partial charge < -0.3 is 15.5 Å². The van der Waals surface area contributed by atoms with Crippen molar-refractivity contribution in [2.45, 2.75) is 39.7 Å². The second-order valence-corrected chi connectivity index (χ2v) is 4.56. The molecule has 0 bridgehead atoms. The van der Waals surface area contributed by atoms with E-state index in [1.165, 1.54) is 0 Å². The van der Waals surface area contributed by atoms with Crippen molar-refractivity contribution < 1.29 is 19.8 Å². The molecule has 5 heteroatoms. The normalized spacial score (nSPS) is 13.3. The number of hydrogen-bond acceptors (Lipinski definition) is 3. The van der Waals surface area contributed by atoms with Gasteiger partial charge in [-0.3, -0.25) is 9.59 Å². The third-order valence-corrected chi connectivity index (χ3v) is 1.86. The number of carboxylic acid groups (broad SMARTS) is 1. The summed E-state index contributed by atoms with van der Waals surface area (Å²) in [6.45, 7) is 5.22. The summed E-state index contributed by atoms with van der Waals surface area (Å²) in [5.41, 5.74) is -0.561. The third-order valence-electron chi connectivity index (χ3n) is 1.86. The SMILES string of the molecule is C[C@@H](O)CNC(=O)CC(C)(C)CC(=O)O. The van der Waals surface area contributed by atoms with Crippen molar-refractivity contribution in [2.24, 2.45) is 5.41 Å². The highest BCUT2D eigenvalue weighted by atomic mass is 16.4. The molecule has 0 heterocycles. The molecular weight excluding hydrogens is 198 g/mol. The molecule has 0 saturated carbocycles. The van der Waals surface area contributed by atoms with E-state index < -0.39 is 17.5 Å². The Bertz CT molecular complexity index is 236. The van der Waals surface area contributed by atoms with Crippen LogP contribution < -0.4 is 5.32 Å². The number of amides is 1. The van der Waals surface area contributed by atoms with Crippen LogP contribution in [0.25, 0.3) is 0 Å². The topological polar surface area (TPSA) is 86.6 Å². The molecule has 1 atom stereocenters. The molecule has 0 rings (SSSR count). The molecule has 0 radical (unpaired) electrons. The van der Waals surface area contributed by atoms with Crippen molar-refractivity contribution in [3.63, 3.8) is 0 Å². The average Bonchev–Trinajstić information content (AvgIpc) is 1.96. The maximum absolute atomic E-state index is 11.3. The molecule has 0 spiro atoms. The molecule has 0 aromatic rings. The van der Waals surface area contributed by atoms with Crippen LogP contribution in [0.1, 0.15) is 33.6 Å². The fraction of sp³-hybridized carbons (Fsp3) is 0.800. The van der Waals surface area contributed by atoms with Crippen molar-refractivity contribution >= 4 is 11.9 Å². The van der Waals surface area contributed by atoms with Gasteiger partial charge in [0.25, 0.3) is 0 Å². The van der Waals surface area contributed by atoms with Crippen LogP contribution in [-0.4, -0.2) is 34.7 Å². The van der Waals surface area contributed by atoms with Crippen LogP contribution in [-0.2, 0) is 9.59 Å². The summed E-state index contributed by atoms with van der Waals surface area (Å²) in [4.78, 5) is 21.8. The van der Waals surface area contributed by atoms with Crippen molar-refractivity contribution in [1.82, 2.24) is 5.32 Å². The Morgan fingerprint density at radius 2 is 1.87 bits per heavy atom. The summed E-state index contributed by atoms with van der Waals surface area (Å²) in [5, 5.41) is 20.1. The van der Waals surface area contributed by atoms with E-state index in [-0.39, 0.29) is 25.3 Å². The van der Waals surface area contributed by atoms with Crippen molar-refractivity contribution in [3.8, 4) is 0 Å². The van der Waals surface area contributed by atoms with Gasteiger partial charge in [0, 0.05) is 13.0 Å². The summed E-state index contributed by atoms with van der Waals surface area (Å²) >= 11 is 0. The van der Waals surface area contributed by atoms with Crippen LogP contribution in [0.2, 0.25) is 0 Å². The average molecular weight is 217 g/mol. The Kier molecular flexibility index (Phi) is 5.28. The predicted octanol–water partition coefficient (Wildman–Crippen LogP) is 0.374. The second kappa shape index (κ2) is 5.70. The minimum Gasteiger partial charge on any atom is -0.481 e. The lowest BCUT2D eigenvalue weighted by Gasteiger charge is -2.21. The first-order chi connectivity index (χ1) is 6.73. The Morgan fingerprint density at radius 3 is 2.27 bits per heavy atom. The zero-order valence-corrected chi connectivity index (χ0v) is 9.41. The van der Waals surface area contributed by atoms with E-state index >= 15 is 0 Å². The number of carboxylic acids is 1. The number of carbonyl (C=O) groups excluding carboxylic acids is 1. The van der Waals surface area contributed by atoms with E-state index in [2.05, 4.69) is 5.32 Å². The summed E-state index contributed by atoms with van der Waals surface area (Å²) < 4.78 is 0. The molecule has 15 heavy (non-hydrogen) atoms.